The highest BCUT2D eigenvalue weighted by atomic mass is 16.5. The highest BCUT2D eigenvalue weighted by Crippen LogP contribution is 2.18. The minimum Gasteiger partial charge on any atom is -0.484 e. The largest absolute Gasteiger partial charge is 0.484 e. The number of benzene rings is 1. The number of carbonyl (C=O) groups is 1. The lowest BCUT2D eigenvalue weighted by molar-refractivity contribution is -0.136. The first-order valence-corrected chi connectivity index (χ1v) is 8.65. The molecule has 3 rings (SSSR count). The van der Waals surface area contributed by atoms with Crippen molar-refractivity contribution in [2.45, 2.75) is 25.9 Å². The normalized spacial score (nSPS) is 16.8. The standard InChI is InChI=1S/C19H23N3O4/c1-14-5-3-6-15(11-14)25-13-19(23)22-10-4-7-16(12-22)26-18-9-8-17(24-2)20-21-18/h3,5-6,8-9,11,16H,4,7,10,12-13H2,1-2H3. The molecule has 1 aliphatic rings. The number of nitrogens with zero attached hydrogens (tertiary/aromatic N) is 3. The maximum Gasteiger partial charge on any atom is 0.260 e. The molecule has 7 heteroatoms. The fourth-order valence-corrected chi connectivity index (χ4v) is 2.85. The lowest BCUT2D eigenvalue weighted by Crippen LogP contribution is -2.46. The summed E-state index contributed by atoms with van der Waals surface area (Å²) in [5, 5.41) is 7.86. The van der Waals surface area contributed by atoms with E-state index in [1.807, 2.05) is 31.2 Å². The van der Waals surface area contributed by atoms with Crippen LogP contribution >= 0.6 is 0 Å². The zero-order valence-electron chi connectivity index (χ0n) is 15.1. The predicted molar refractivity (Wildman–Crippen MR) is 95.5 cm³/mol. The summed E-state index contributed by atoms with van der Waals surface area (Å²) in [6.45, 7) is 3.25. The third-order valence-corrected chi connectivity index (χ3v) is 4.19. The fraction of sp³-hybridized carbons (Fsp3) is 0.421. The Bertz CT molecular complexity index is 736. The molecule has 1 aliphatic heterocycles. The summed E-state index contributed by atoms with van der Waals surface area (Å²) in [5.41, 5.74) is 1.10. The Hall–Kier alpha value is -2.83. The molecule has 26 heavy (non-hydrogen) atoms. The first kappa shape index (κ1) is 18.0. The Balaban J connectivity index is 1.51. The van der Waals surface area contributed by atoms with Gasteiger partial charge in [-0.15, -0.1) is 10.2 Å². The molecule has 2 heterocycles. The maximum absolute atomic E-state index is 12.4. The summed E-state index contributed by atoms with van der Waals surface area (Å²) >= 11 is 0. The van der Waals surface area contributed by atoms with E-state index in [-0.39, 0.29) is 18.6 Å². The Labute approximate surface area is 152 Å². The van der Waals surface area contributed by atoms with Crippen LogP contribution in [-0.4, -0.2) is 53.9 Å². The number of amides is 1. The molecule has 0 N–H and O–H groups in total. The Morgan fingerprint density at radius 3 is 2.77 bits per heavy atom. The minimum atomic E-state index is -0.102. The number of carbonyl (C=O) groups excluding carboxylic acids is 1. The van der Waals surface area contributed by atoms with Gasteiger partial charge in [-0.1, -0.05) is 12.1 Å². The smallest absolute Gasteiger partial charge is 0.260 e. The van der Waals surface area contributed by atoms with Crippen LogP contribution in [0.4, 0.5) is 0 Å². The van der Waals surface area contributed by atoms with Crippen molar-refractivity contribution in [2.75, 3.05) is 26.8 Å². The van der Waals surface area contributed by atoms with Crippen molar-refractivity contribution >= 4 is 5.91 Å². The highest BCUT2D eigenvalue weighted by molar-refractivity contribution is 5.77. The van der Waals surface area contributed by atoms with Crippen LogP contribution in [0, 0.1) is 6.92 Å². The quantitative estimate of drug-likeness (QED) is 0.789. The van der Waals surface area contributed by atoms with Gasteiger partial charge in [0.05, 0.1) is 13.7 Å². The van der Waals surface area contributed by atoms with Gasteiger partial charge in [-0.2, -0.15) is 0 Å². The molecule has 1 aromatic heterocycles. The monoisotopic (exact) mass is 357 g/mol. The van der Waals surface area contributed by atoms with E-state index in [9.17, 15) is 4.79 Å². The van der Waals surface area contributed by atoms with Gasteiger partial charge in [0.1, 0.15) is 11.9 Å². The van der Waals surface area contributed by atoms with Crippen LogP contribution < -0.4 is 14.2 Å². The van der Waals surface area contributed by atoms with E-state index < -0.39 is 0 Å². The van der Waals surface area contributed by atoms with Crippen LogP contribution in [0.3, 0.4) is 0 Å². The minimum absolute atomic E-state index is 0.0263. The van der Waals surface area contributed by atoms with Gasteiger partial charge in [-0.25, -0.2) is 0 Å². The third kappa shape index (κ3) is 4.84. The molecule has 0 radical (unpaired) electrons. The van der Waals surface area contributed by atoms with Crippen molar-refractivity contribution in [1.29, 1.82) is 0 Å². The van der Waals surface area contributed by atoms with Crippen molar-refractivity contribution in [3.63, 3.8) is 0 Å². The van der Waals surface area contributed by atoms with Crippen molar-refractivity contribution in [3.8, 4) is 17.5 Å². The van der Waals surface area contributed by atoms with E-state index in [2.05, 4.69) is 10.2 Å². The van der Waals surface area contributed by atoms with Gasteiger partial charge in [-0.3, -0.25) is 4.79 Å². The highest BCUT2D eigenvalue weighted by Gasteiger charge is 2.25. The Morgan fingerprint density at radius 2 is 2.04 bits per heavy atom. The van der Waals surface area contributed by atoms with Crippen LogP contribution in [0.15, 0.2) is 36.4 Å². The molecule has 1 saturated heterocycles. The number of methoxy groups -OCH3 is 1. The Kier molecular flexibility index (Phi) is 5.88. The second-order valence-corrected chi connectivity index (χ2v) is 6.24. The van der Waals surface area contributed by atoms with Crippen LogP contribution in [0.25, 0.3) is 0 Å². The maximum atomic E-state index is 12.4. The average molecular weight is 357 g/mol. The molecule has 1 amide bonds. The van der Waals surface area contributed by atoms with Gasteiger partial charge >= 0.3 is 0 Å². The molecule has 0 spiro atoms. The zero-order chi connectivity index (χ0) is 18.4. The molecule has 138 valence electrons. The molecule has 0 saturated carbocycles. The summed E-state index contributed by atoms with van der Waals surface area (Å²) in [5.74, 6) is 1.53. The number of rotatable bonds is 6. The van der Waals surface area contributed by atoms with Crippen LogP contribution in [0.2, 0.25) is 0 Å². The van der Waals surface area contributed by atoms with Crippen molar-refractivity contribution in [3.05, 3.63) is 42.0 Å². The molecule has 1 unspecified atom stereocenters. The van der Waals surface area contributed by atoms with Crippen molar-refractivity contribution in [2.24, 2.45) is 0 Å². The van der Waals surface area contributed by atoms with Crippen molar-refractivity contribution in [1.82, 2.24) is 15.1 Å². The Morgan fingerprint density at radius 1 is 1.23 bits per heavy atom. The molecular formula is C19H23N3O4. The van der Waals surface area contributed by atoms with E-state index in [0.29, 0.717) is 30.6 Å². The first-order chi connectivity index (χ1) is 12.6. The second kappa shape index (κ2) is 8.51. The van der Waals surface area contributed by atoms with Gasteiger partial charge in [-0.05, 0) is 37.5 Å². The molecule has 1 aromatic carbocycles. The summed E-state index contributed by atoms with van der Waals surface area (Å²) in [6.07, 6.45) is 1.65. The fourth-order valence-electron chi connectivity index (χ4n) is 2.85. The van der Waals surface area contributed by atoms with Crippen LogP contribution in [0.5, 0.6) is 17.5 Å². The predicted octanol–water partition coefficient (Wildman–Crippen LogP) is 2.24. The van der Waals surface area contributed by atoms with Gasteiger partial charge in [0.2, 0.25) is 11.8 Å². The number of piperidine rings is 1. The number of hydrogen-bond donors (Lipinski definition) is 0. The third-order valence-electron chi connectivity index (χ3n) is 4.19. The lowest BCUT2D eigenvalue weighted by Gasteiger charge is -2.32. The van der Waals surface area contributed by atoms with Gasteiger partial charge < -0.3 is 19.1 Å². The number of hydrogen-bond acceptors (Lipinski definition) is 6. The molecule has 2 aromatic rings. The van der Waals surface area contributed by atoms with E-state index >= 15 is 0 Å². The van der Waals surface area contributed by atoms with Crippen LogP contribution in [-0.2, 0) is 4.79 Å². The van der Waals surface area contributed by atoms with E-state index in [0.717, 1.165) is 18.4 Å². The SMILES string of the molecule is COc1ccc(OC2CCCN(C(=O)COc3cccc(C)c3)C2)nn1. The summed E-state index contributed by atoms with van der Waals surface area (Å²) in [7, 11) is 1.54. The topological polar surface area (TPSA) is 73.8 Å². The second-order valence-electron chi connectivity index (χ2n) is 6.24. The molecule has 1 atom stereocenters. The lowest BCUT2D eigenvalue weighted by atomic mass is 10.1. The van der Waals surface area contributed by atoms with Gasteiger partial charge in [0.15, 0.2) is 6.61 Å². The molecule has 0 bridgehead atoms. The van der Waals surface area contributed by atoms with Crippen LogP contribution in [0.1, 0.15) is 18.4 Å². The van der Waals surface area contributed by atoms with E-state index in [4.69, 9.17) is 14.2 Å². The number of aromatic nitrogens is 2. The molecular weight excluding hydrogens is 334 g/mol. The van der Waals surface area contributed by atoms with Crippen molar-refractivity contribution < 1.29 is 19.0 Å². The zero-order valence-corrected chi connectivity index (χ0v) is 15.1. The van der Waals surface area contributed by atoms with E-state index in [1.165, 1.54) is 7.11 Å². The average Bonchev–Trinajstić information content (AvgIpc) is 2.67. The molecule has 1 fully saturated rings. The van der Waals surface area contributed by atoms with Gasteiger partial charge in [0.25, 0.3) is 5.91 Å². The summed E-state index contributed by atoms with van der Waals surface area (Å²) in [4.78, 5) is 14.2. The summed E-state index contributed by atoms with van der Waals surface area (Å²) in [6, 6.07) is 11.1. The van der Waals surface area contributed by atoms with Gasteiger partial charge in [0, 0.05) is 18.7 Å². The van der Waals surface area contributed by atoms with E-state index in [1.54, 1.807) is 17.0 Å². The number of likely N-dealkylation sites (tertiary alicyclic amines) is 1. The summed E-state index contributed by atoms with van der Waals surface area (Å²) < 4.78 is 16.4. The molecule has 0 aliphatic carbocycles. The first-order valence-electron chi connectivity index (χ1n) is 8.65. The molecule has 7 nitrogen and oxygen atoms in total. The number of aryl methyl sites for hydroxylation is 1. The number of ether oxygens (including phenoxy) is 3.